The van der Waals surface area contributed by atoms with E-state index in [2.05, 4.69) is 25.9 Å². The summed E-state index contributed by atoms with van der Waals surface area (Å²) in [7, 11) is 0. The molecule has 1 amide bonds. The molecule has 1 aromatic carbocycles. The molecule has 0 saturated heterocycles. The quantitative estimate of drug-likeness (QED) is 0.555. The Labute approximate surface area is 145 Å². The molecule has 0 aliphatic carbocycles. The third kappa shape index (κ3) is 2.46. The summed E-state index contributed by atoms with van der Waals surface area (Å²) in [6.07, 6.45) is 1.67. The summed E-state index contributed by atoms with van der Waals surface area (Å²) in [6.45, 7) is -0.183. The van der Waals surface area contributed by atoms with E-state index in [0.29, 0.717) is 21.7 Å². The number of aromatic nitrogens is 2. The maximum Gasteiger partial charge on any atom is 0.266 e. The molecule has 0 spiro atoms. The van der Waals surface area contributed by atoms with E-state index in [1.807, 2.05) is 24.3 Å². The largest absolute Gasteiger partial charge is 0.480 e. The van der Waals surface area contributed by atoms with Crippen molar-refractivity contribution in [3.8, 4) is 5.75 Å². The second-order valence-corrected chi connectivity index (χ2v) is 6.21. The van der Waals surface area contributed by atoms with Gasteiger partial charge in [-0.05, 0) is 34.1 Å². The molecule has 0 atom stereocenters. The van der Waals surface area contributed by atoms with Gasteiger partial charge in [0, 0.05) is 22.7 Å². The second kappa shape index (κ2) is 5.76. The van der Waals surface area contributed by atoms with Crippen LogP contribution in [0.4, 0.5) is 5.82 Å². The van der Waals surface area contributed by atoms with Crippen LogP contribution in [0.15, 0.2) is 47.2 Å². The predicted molar refractivity (Wildman–Crippen MR) is 92.4 cm³/mol. The molecular formula is C17H12BrN3O3. The van der Waals surface area contributed by atoms with E-state index in [1.165, 1.54) is 4.90 Å². The average molecular weight is 386 g/mol. The molecule has 120 valence electrons. The Morgan fingerprint density at radius 1 is 1.29 bits per heavy atom. The van der Waals surface area contributed by atoms with Crippen molar-refractivity contribution in [1.82, 2.24) is 9.97 Å². The molecule has 4 rings (SSSR count). The van der Waals surface area contributed by atoms with Crippen molar-refractivity contribution >= 4 is 44.3 Å². The number of hydrogen-bond donors (Lipinski definition) is 1. The molecule has 0 saturated carbocycles. The zero-order valence-electron chi connectivity index (χ0n) is 12.5. The molecule has 0 bridgehead atoms. The Bertz CT molecular complexity index is 967. The first-order chi connectivity index (χ1) is 11.6. The van der Waals surface area contributed by atoms with Crippen LogP contribution >= 0.6 is 15.9 Å². The average Bonchev–Trinajstić information content (AvgIpc) is 3.01. The topological polar surface area (TPSA) is 75.3 Å². The van der Waals surface area contributed by atoms with Gasteiger partial charge >= 0.3 is 0 Å². The smallest absolute Gasteiger partial charge is 0.266 e. The van der Waals surface area contributed by atoms with Gasteiger partial charge in [0.05, 0.1) is 6.54 Å². The van der Waals surface area contributed by atoms with E-state index in [9.17, 15) is 9.59 Å². The van der Waals surface area contributed by atoms with E-state index in [-0.39, 0.29) is 24.8 Å². The van der Waals surface area contributed by atoms with Gasteiger partial charge in [0.1, 0.15) is 4.60 Å². The van der Waals surface area contributed by atoms with Crippen LogP contribution in [0.5, 0.6) is 5.75 Å². The van der Waals surface area contributed by atoms with Gasteiger partial charge in [-0.1, -0.05) is 18.2 Å². The maximum atomic E-state index is 12.7. The van der Waals surface area contributed by atoms with Crippen LogP contribution in [0, 0.1) is 0 Å². The maximum absolute atomic E-state index is 12.7. The molecule has 3 aromatic rings. The van der Waals surface area contributed by atoms with E-state index in [0.717, 1.165) is 10.9 Å². The third-order valence-electron chi connectivity index (χ3n) is 3.90. The van der Waals surface area contributed by atoms with Crippen molar-refractivity contribution in [2.45, 2.75) is 0 Å². The number of anilines is 1. The number of pyridine rings is 1. The molecule has 0 unspecified atom stereocenters. The van der Waals surface area contributed by atoms with Gasteiger partial charge in [-0.2, -0.15) is 0 Å². The first-order valence-corrected chi connectivity index (χ1v) is 8.12. The normalized spacial score (nSPS) is 13.7. The molecule has 6 nitrogen and oxygen atoms in total. The van der Waals surface area contributed by atoms with Crippen molar-refractivity contribution in [3.05, 3.63) is 52.8 Å². The highest BCUT2D eigenvalue weighted by atomic mass is 79.9. The second-order valence-electron chi connectivity index (χ2n) is 5.40. The number of aromatic amines is 1. The fourth-order valence-corrected chi connectivity index (χ4v) is 3.05. The molecule has 1 aliphatic heterocycles. The molecule has 2 aromatic heterocycles. The standard InChI is InChI=1S/C17H12BrN3O3/c18-15-6-5-14-17(20-15)21(16(23)9-24-14)8-13(22)11-7-19-12-4-2-1-3-10(11)12/h1-7,19H,8-9H2. The Morgan fingerprint density at radius 2 is 2.12 bits per heavy atom. The number of nitrogens with zero attached hydrogens (tertiary/aromatic N) is 2. The number of hydrogen-bond acceptors (Lipinski definition) is 4. The van der Waals surface area contributed by atoms with E-state index in [1.54, 1.807) is 18.3 Å². The van der Waals surface area contributed by atoms with Crippen molar-refractivity contribution in [2.24, 2.45) is 0 Å². The predicted octanol–water partition coefficient (Wildman–Crippen LogP) is 2.93. The van der Waals surface area contributed by atoms with Crippen molar-refractivity contribution in [2.75, 3.05) is 18.1 Å². The Balaban J connectivity index is 1.69. The number of ketones is 1. The number of rotatable bonds is 3. The van der Waals surface area contributed by atoms with Crippen molar-refractivity contribution in [3.63, 3.8) is 0 Å². The van der Waals surface area contributed by atoms with Crippen LogP contribution in [-0.2, 0) is 4.79 Å². The van der Waals surface area contributed by atoms with E-state index < -0.39 is 0 Å². The lowest BCUT2D eigenvalue weighted by Crippen LogP contribution is -2.42. The van der Waals surface area contributed by atoms with Gasteiger partial charge in [-0.3, -0.25) is 14.5 Å². The summed E-state index contributed by atoms with van der Waals surface area (Å²) in [5.74, 6) is 0.398. The fourth-order valence-electron chi connectivity index (χ4n) is 2.75. The number of Topliss-reactive ketones (excluding diaryl/α,β-unsaturated/α-hetero) is 1. The summed E-state index contributed by atoms with van der Waals surface area (Å²) in [6, 6.07) is 11.0. The number of nitrogens with one attached hydrogen (secondary N) is 1. The van der Waals surface area contributed by atoms with Crippen LogP contribution < -0.4 is 9.64 Å². The number of ether oxygens (including phenoxy) is 1. The lowest BCUT2D eigenvalue weighted by molar-refractivity contribution is -0.121. The third-order valence-corrected chi connectivity index (χ3v) is 4.35. The van der Waals surface area contributed by atoms with Gasteiger partial charge < -0.3 is 9.72 Å². The van der Waals surface area contributed by atoms with E-state index in [4.69, 9.17) is 4.74 Å². The molecule has 7 heteroatoms. The Hall–Kier alpha value is -2.67. The van der Waals surface area contributed by atoms with Gasteiger partial charge in [-0.15, -0.1) is 0 Å². The highest BCUT2D eigenvalue weighted by molar-refractivity contribution is 9.10. The molecule has 0 fully saturated rings. The summed E-state index contributed by atoms with van der Waals surface area (Å²) in [5.41, 5.74) is 1.44. The summed E-state index contributed by atoms with van der Waals surface area (Å²) in [5, 5.41) is 0.839. The van der Waals surface area contributed by atoms with Crippen LogP contribution in [-0.4, -0.2) is 34.8 Å². The minimum Gasteiger partial charge on any atom is -0.480 e. The van der Waals surface area contributed by atoms with Gasteiger partial charge in [-0.25, -0.2) is 4.98 Å². The first-order valence-electron chi connectivity index (χ1n) is 7.32. The monoisotopic (exact) mass is 385 g/mol. The van der Waals surface area contributed by atoms with Crippen molar-refractivity contribution < 1.29 is 14.3 Å². The lowest BCUT2D eigenvalue weighted by atomic mass is 10.1. The minimum atomic E-state index is -0.290. The van der Waals surface area contributed by atoms with Gasteiger partial charge in [0.25, 0.3) is 5.91 Å². The number of halogens is 1. The Morgan fingerprint density at radius 3 is 3.00 bits per heavy atom. The summed E-state index contributed by atoms with van der Waals surface area (Å²) >= 11 is 3.28. The molecule has 24 heavy (non-hydrogen) atoms. The Kier molecular flexibility index (Phi) is 3.57. The van der Waals surface area contributed by atoms with Crippen LogP contribution in [0.3, 0.4) is 0 Å². The first kappa shape index (κ1) is 14.9. The number of carbonyl (C=O) groups is 2. The zero-order valence-corrected chi connectivity index (χ0v) is 14.0. The fraction of sp³-hybridized carbons (Fsp3) is 0.118. The van der Waals surface area contributed by atoms with Crippen LogP contribution in [0.2, 0.25) is 0 Å². The number of fused-ring (bicyclic) bond motifs is 2. The summed E-state index contributed by atoms with van der Waals surface area (Å²) < 4.78 is 5.94. The lowest BCUT2D eigenvalue weighted by Gasteiger charge is -2.27. The number of H-pyrrole nitrogens is 1. The number of benzene rings is 1. The number of carbonyl (C=O) groups excluding carboxylic acids is 2. The van der Waals surface area contributed by atoms with E-state index >= 15 is 0 Å². The molecule has 1 N–H and O–H groups in total. The SMILES string of the molecule is O=C(CN1C(=O)COc2ccc(Br)nc21)c1c[nH]c2ccccc12. The van der Waals surface area contributed by atoms with Gasteiger partial charge in [0.2, 0.25) is 0 Å². The number of amides is 1. The molecule has 3 heterocycles. The molecule has 1 aliphatic rings. The van der Waals surface area contributed by atoms with Crippen molar-refractivity contribution in [1.29, 1.82) is 0 Å². The molecule has 0 radical (unpaired) electrons. The minimum absolute atomic E-state index is 0.0828. The molecular weight excluding hydrogens is 374 g/mol. The van der Waals surface area contributed by atoms with Crippen LogP contribution in [0.25, 0.3) is 10.9 Å². The highest BCUT2D eigenvalue weighted by Crippen LogP contribution is 2.31. The van der Waals surface area contributed by atoms with Crippen LogP contribution in [0.1, 0.15) is 10.4 Å². The van der Waals surface area contributed by atoms with Gasteiger partial charge in [0.15, 0.2) is 24.0 Å². The summed E-state index contributed by atoms with van der Waals surface area (Å²) in [4.78, 5) is 33.7. The number of para-hydroxylation sites is 1. The zero-order chi connectivity index (χ0) is 16.7. The highest BCUT2D eigenvalue weighted by Gasteiger charge is 2.29.